The number of hydrogen-bond acceptors (Lipinski definition) is 8. The van der Waals surface area contributed by atoms with Crippen molar-refractivity contribution in [3.63, 3.8) is 0 Å². The van der Waals surface area contributed by atoms with Crippen LogP contribution in [-0.2, 0) is 24.5 Å². The fourth-order valence-corrected chi connectivity index (χ4v) is 8.41. The lowest BCUT2D eigenvalue weighted by atomic mass is 9.65. The van der Waals surface area contributed by atoms with Crippen LogP contribution in [0.1, 0.15) is 51.6 Å². The molecule has 0 saturated carbocycles. The van der Waals surface area contributed by atoms with Crippen molar-refractivity contribution in [2.75, 3.05) is 25.6 Å². The predicted octanol–water partition coefficient (Wildman–Crippen LogP) is 5.82. The molecular formula is C44H36N2O8. The van der Waals surface area contributed by atoms with Crippen LogP contribution in [0.3, 0.4) is 0 Å². The highest BCUT2D eigenvalue weighted by molar-refractivity contribution is 6.11. The van der Waals surface area contributed by atoms with E-state index in [1.54, 1.807) is 43.5 Å². The summed E-state index contributed by atoms with van der Waals surface area (Å²) in [6.07, 6.45) is -0.844. The molecule has 2 saturated heterocycles. The minimum absolute atomic E-state index is 0.0257. The van der Waals surface area contributed by atoms with Gasteiger partial charge < -0.3 is 29.7 Å². The summed E-state index contributed by atoms with van der Waals surface area (Å²) in [5.41, 5.74) is 2.35. The number of benzene rings is 5. The summed E-state index contributed by atoms with van der Waals surface area (Å²) in [4.78, 5) is 45.2. The number of aliphatic hydroxyl groups excluding tert-OH is 1. The number of morpholine rings is 1. The molecule has 0 aliphatic carbocycles. The first-order chi connectivity index (χ1) is 26.3. The van der Waals surface area contributed by atoms with Crippen LogP contribution in [-0.4, -0.2) is 59.3 Å². The van der Waals surface area contributed by atoms with Gasteiger partial charge in [-0.25, -0.2) is 0 Å². The van der Waals surface area contributed by atoms with Gasteiger partial charge in [0.15, 0.2) is 0 Å². The van der Waals surface area contributed by atoms with Gasteiger partial charge in [-0.3, -0.25) is 19.3 Å². The number of carbonyl (C=O) groups excluding carboxylic acids is 2. The third-order valence-electron chi connectivity index (χ3n) is 10.5. The number of esters is 1. The van der Waals surface area contributed by atoms with Crippen molar-refractivity contribution in [3.05, 3.63) is 161 Å². The number of carboxylic acids is 1. The van der Waals surface area contributed by atoms with E-state index < -0.39 is 53.4 Å². The van der Waals surface area contributed by atoms with E-state index in [2.05, 4.69) is 17.2 Å². The van der Waals surface area contributed by atoms with E-state index in [0.29, 0.717) is 33.9 Å². The zero-order chi connectivity index (χ0) is 37.4. The first-order valence-electron chi connectivity index (χ1n) is 17.6. The number of aliphatic carboxylic acids is 1. The maximum absolute atomic E-state index is 14.9. The molecule has 2 fully saturated rings. The number of aliphatic hydroxyl groups is 1. The van der Waals surface area contributed by atoms with Crippen molar-refractivity contribution < 1.29 is 38.8 Å². The average molecular weight is 721 g/mol. The second kappa shape index (κ2) is 14.2. The second-order valence-corrected chi connectivity index (χ2v) is 13.4. The number of ether oxygens (including phenoxy) is 3. The summed E-state index contributed by atoms with van der Waals surface area (Å²) < 4.78 is 17.4. The van der Waals surface area contributed by atoms with Crippen molar-refractivity contribution in [3.8, 4) is 23.3 Å². The van der Waals surface area contributed by atoms with E-state index in [1.807, 2.05) is 95.9 Å². The number of carboxylic acid groups (broad SMARTS) is 1. The standard InChI is InChI=1S/C44H36N2O8/c1-52-32-20-17-27(18-21-32)15-16-28-19-22-35-34(25-28)44(43(51)45-35)36(41(48)49)38-42(50)54-39(30-11-6-3-7-12-30)37(29-9-4-2-5-10-29)46(38)40(44)31-13-8-14-33(26-31)53-24-23-47/h2-14,17-22,25-26,36-40,47H,23-24H2,1H3,(H,45,51)(H,48,49)/t36-,37-,38?,39+,40+,44-/m0/s1. The van der Waals surface area contributed by atoms with E-state index in [-0.39, 0.29) is 13.2 Å². The lowest BCUT2D eigenvalue weighted by molar-refractivity contribution is -0.179. The van der Waals surface area contributed by atoms with Crippen LogP contribution in [0.15, 0.2) is 127 Å². The van der Waals surface area contributed by atoms with Crippen molar-refractivity contribution in [2.24, 2.45) is 5.92 Å². The number of amides is 1. The minimum atomic E-state index is -1.84. The van der Waals surface area contributed by atoms with E-state index in [4.69, 9.17) is 14.2 Å². The molecular weight excluding hydrogens is 684 g/mol. The molecule has 0 aromatic heterocycles. The van der Waals surface area contributed by atoms with Crippen LogP contribution < -0.4 is 14.8 Å². The Kier molecular flexibility index (Phi) is 9.11. The van der Waals surface area contributed by atoms with Crippen LogP contribution in [0, 0.1) is 17.8 Å². The molecule has 3 N–H and O–H groups in total. The number of anilines is 1. The number of carbonyl (C=O) groups is 3. The van der Waals surface area contributed by atoms with Crippen molar-refractivity contribution >= 4 is 23.5 Å². The Hall–Kier alpha value is -6.41. The summed E-state index contributed by atoms with van der Waals surface area (Å²) in [6, 6.07) is 35.3. The van der Waals surface area contributed by atoms with E-state index in [0.717, 1.165) is 16.7 Å². The topological polar surface area (TPSA) is 135 Å². The Labute approximate surface area is 311 Å². The van der Waals surface area contributed by atoms with Crippen LogP contribution in [0.4, 0.5) is 5.69 Å². The number of nitrogens with zero attached hydrogens (tertiary/aromatic N) is 1. The lowest BCUT2D eigenvalue weighted by Gasteiger charge is -2.46. The fraction of sp³-hybridized carbons (Fsp3) is 0.205. The number of rotatable bonds is 8. The molecule has 6 atom stereocenters. The molecule has 270 valence electrons. The fourth-order valence-electron chi connectivity index (χ4n) is 8.41. The summed E-state index contributed by atoms with van der Waals surface area (Å²) in [5.74, 6) is 3.27. The van der Waals surface area contributed by atoms with Crippen molar-refractivity contribution in [1.29, 1.82) is 0 Å². The van der Waals surface area contributed by atoms with E-state index >= 15 is 0 Å². The van der Waals surface area contributed by atoms with Crippen LogP contribution in [0.25, 0.3) is 0 Å². The third-order valence-corrected chi connectivity index (χ3v) is 10.5. The zero-order valence-electron chi connectivity index (χ0n) is 29.2. The van der Waals surface area contributed by atoms with Gasteiger partial charge in [0.25, 0.3) is 0 Å². The van der Waals surface area contributed by atoms with Gasteiger partial charge in [0.2, 0.25) is 5.91 Å². The van der Waals surface area contributed by atoms with Gasteiger partial charge in [0.05, 0.1) is 25.8 Å². The second-order valence-electron chi connectivity index (χ2n) is 13.4. The van der Waals surface area contributed by atoms with E-state index in [1.165, 1.54) is 0 Å². The molecule has 1 spiro atoms. The molecule has 1 unspecified atom stereocenters. The molecule has 54 heavy (non-hydrogen) atoms. The smallest absolute Gasteiger partial charge is 0.325 e. The van der Waals surface area contributed by atoms with Crippen LogP contribution in [0.5, 0.6) is 11.5 Å². The molecule has 1 amide bonds. The number of nitrogens with one attached hydrogen (secondary N) is 1. The number of hydrogen-bond donors (Lipinski definition) is 3. The SMILES string of the molecule is COc1ccc(C#Cc2ccc3c(c2)[C@]2(C(=O)N3)[C@H](C(=O)O)C3C(=O)O[C@H](c4ccccc4)[C@H](c4ccccc4)N3[C@@H]2c2cccc(OCCO)c2)cc1. The number of cyclic esters (lactones) is 1. The summed E-state index contributed by atoms with van der Waals surface area (Å²) in [5, 5.41) is 23.8. The average Bonchev–Trinajstić information content (AvgIpc) is 3.69. The molecule has 3 aliphatic heterocycles. The summed E-state index contributed by atoms with van der Waals surface area (Å²) >= 11 is 0. The van der Waals surface area contributed by atoms with Gasteiger partial charge >= 0.3 is 11.9 Å². The molecule has 5 aromatic rings. The Balaban J connectivity index is 1.38. The maximum atomic E-state index is 14.9. The quantitative estimate of drug-likeness (QED) is 0.134. The molecule has 3 aliphatic rings. The van der Waals surface area contributed by atoms with Gasteiger partial charge in [-0.2, -0.15) is 0 Å². The summed E-state index contributed by atoms with van der Waals surface area (Å²) in [7, 11) is 1.59. The Morgan fingerprint density at radius 3 is 2.15 bits per heavy atom. The Morgan fingerprint density at radius 1 is 0.796 bits per heavy atom. The van der Waals surface area contributed by atoms with Crippen molar-refractivity contribution in [2.45, 2.75) is 29.6 Å². The first-order valence-corrected chi connectivity index (χ1v) is 17.6. The Morgan fingerprint density at radius 2 is 1.46 bits per heavy atom. The summed E-state index contributed by atoms with van der Waals surface area (Å²) in [6.45, 7) is -0.193. The number of methoxy groups -OCH3 is 1. The van der Waals surface area contributed by atoms with Gasteiger partial charge in [-0.15, -0.1) is 0 Å². The van der Waals surface area contributed by atoms with Gasteiger partial charge in [0.1, 0.15) is 41.6 Å². The van der Waals surface area contributed by atoms with Gasteiger partial charge in [0, 0.05) is 16.8 Å². The normalized spacial score (nSPS) is 24.1. The highest BCUT2D eigenvalue weighted by Gasteiger charge is 2.74. The highest BCUT2D eigenvalue weighted by Crippen LogP contribution is 2.64. The highest BCUT2D eigenvalue weighted by atomic mass is 16.6. The zero-order valence-corrected chi connectivity index (χ0v) is 29.2. The lowest BCUT2D eigenvalue weighted by Crippen LogP contribution is -2.52. The van der Waals surface area contributed by atoms with Gasteiger partial charge in [-0.1, -0.05) is 84.6 Å². The van der Waals surface area contributed by atoms with Crippen LogP contribution >= 0.6 is 0 Å². The molecule has 10 heteroatoms. The van der Waals surface area contributed by atoms with Gasteiger partial charge in [-0.05, 0) is 76.9 Å². The van der Waals surface area contributed by atoms with Crippen molar-refractivity contribution in [1.82, 2.24) is 4.90 Å². The molecule has 8 rings (SSSR count). The number of fused-ring (bicyclic) bond motifs is 3. The third kappa shape index (κ3) is 5.75. The Bertz CT molecular complexity index is 2280. The molecule has 3 heterocycles. The minimum Gasteiger partial charge on any atom is -0.497 e. The van der Waals surface area contributed by atoms with E-state index in [9.17, 15) is 24.6 Å². The van der Waals surface area contributed by atoms with Crippen LogP contribution in [0.2, 0.25) is 0 Å². The monoisotopic (exact) mass is 720 g/mol. The first kappa shape index (κ1) is 34.7. The molecule has 5 aromatic carbocycles. The largest absolute Gasteiger partial charge is 0.497 e. The maximum Gasteiger partial charge on any atom is 0.325 e. The molecule has 0 radical (unpaired) electrons. The molecule has 0 bridgehead atoms. The molecule has 10 nitrogen and oxygen atoms in total. The predicted molar refractivity (Wildman–Crippen MR) is 199 cm³/mol.